The minimum absolute atomic E-state index is 0.104. The molecular weight excluding hydrogens is 292 g/mol. The van der Waals surface area contributed by atoms with Crippen LogP contribution in [-0.2, 0) is 9.59 Å². The summed E-state index contributed by atoms with van der Waals surface area (Å²) in [5.74, 6) is -1.08. The highest BCUT2D eigenvalue weighted by atomic mass is 16.4. The molecule has 0 heterocycles. The van der Waals surface area contributed by atoms with Crippen LogP contribution in [0, 0.1) is 0 Å². The molecule has 0 aliphatic rings. The Balaban J connectivity index is 0.000000463. The fourth-order valence-corrected chi connectivity index (χ4v) is 2.03. The molecule has 23 heavy (non-hydrogen) atoms. The van der Waals surface area contributed by atoms with Gasteiger partial charge >= 0.3 is 5.97 Å². The highest BCUT2D eigenvalue weighted by Crippen LogP contribution is 2.25. The quantitative estimate of drug-likeness (QED) is 0.903. The van der Waals surface area contributed by atoms with Gasteiger partial charge in [-0.15, -0.1) is 0 Å². The largest absolute Gasteiger partial charge is 0.480 e. The molecule has 2 aromatic carbocycles. The molecule has 2 rings (SSSR count). The molecule has 0 atom stereocenters. The molecule has 0 spiro atoms. The normalized spacial score (nSPS) is 9.74. The van der Waals surface area contributed by atoms with Gasteiger partial charge in [0, 0.05) is 14.1 Å². The van der Waals surface area contributed by atoms with Crippen molar-refractivity contribution in [2.24, 2.45) is 5.73 Å². The van der Waals surface area contributed by atoms with Crippen LogP contribution >= 0.6 is 0 Å². The van der Waals surface area contributed by atoms with Crippen LogP contribution < -0.4 is 5.73 Å². The van der Waals surface area contributed by atoms with E-state index in [1.54, 1.807) is 19.0 Å². The molecule has 0 bridgehead atoms. The maximum absolute atomic E-state index is 12.4. The summed E-state index contributed by atoms with van der Waals surface area (Å²) in [4.78, 5) is 23.3. The average Bonchev–Trinajstić information content (AvgIpc) is 2.57. The summed E-state index contributed by atoms with van der Waals surface area (Å²) in [6.45, 7) is -0.278. The zero-order valence-electron chi connectivity index (χ0n) is 13.3. The molecule has 0 radical (unpaired) electrons. The average molecular weight is 314 g/mol. The van der Waals surface area contributed by atoms with Crippen LogP contribution in [0.3, 0.4) is 0 Å². The van der Waals surface area contributed by atoms with Crippen LogP contribution in [0.5, 0.6) is 0 Å². The summed E-state index contributed by atoms with van der Waals surface area (Å²) < 4.78 is 0. The van der Waals surface area contributed by atoms with Crippen molar-refractivity contribution in [1.82, 2.24) is 4.90 Å². The first-order valence-corrected chi connectivity index (χ1v) is 7.20. The van der Waals surface area contributed by atoms with Crippen LogP contribution in [0.15, 0.2) is 60.7 Å². The molecule has 0 aliphatic carbocycles. The van der Waals surface area contributed by atoms with Gasteiger partial charge in [-0.25, -0.2) is 0 Å². The number of hydrogen-bond donors (Lipinski definition) is 2. The number of carboxylic acids is 1. The molecule has 122 valence electrons. The number of carbonyl (C=O) groups excluding carboxylic acids is 1. The van der Waals surface area contributed by atoms with Crippen molar-refractivity contribution in [3.63, 3.8) is 0 Å². The lowest BCUT2D eigenvalue weighted by atomic mass is 9.90. The van der Waals surface area contributed by atoms with Gasteiger partial charge in [0.25, 0.3) is 0 Å². The molecule has 0 fully saturated rings. The number of nitrogens with zero attached hydrogens (tertiary/aromatic N) is 1. The van der Waals surface area contributed by atoms with Crippen molar-refractivity contribution in [3.8, 4) is 0 Å². The summed E-state index contributed by atoms with van der Waals surface area (Å²) >= 11 is 0. The van der Waals surface area contributed by atoms with Crippen molar-refractivity contribution >= 4 is 11.9 Å². The van der Waals surface area contributed by atoms with Gasteiger partial charge in [0.1, 0.15) is 0 Å². The number of hydrogen-bond acceptors (Lipinski definition) is 3. The molecule has 2 aromatic rings. The third kappa shape index (κ3) is 5.92. The monoisotopic (exact) mass is 314 g/mol. The van der Waals surface area contributed by atoms with Crippen molar-refractivity contribution in [2.75, 3.05) is 20.6 Å². The van der Waals surface area contributed by atoms with Crippen molar-refractivity contribution in [1.29, 1.82) is 0 Å². The van der Waals surface area contributed by atoms with Gasteiger partial charge in [-0.1, -0.05) is 60.7 Å². The van der Waals surface area contributed by atoms with Crippen molar-refractivity contribution < 1.29 is 14.7 Å². The number of amides is 1. The maximum Gasteiger partial charge on any atom is 0.317 e. The first kappa shape index (κ1) is 18.4. The molecular formula is C18H22N2O3. The number of likely N-dealkylation sites (N-methyl/N-ethyl adjacent to an activating group) is 1. The molecule has 0 saturated heterocycles. The van der Waals surface area contributed by atoms with Gasteiger partial charge in [-0.3, -0.25) is 9.59 Å². The number of benzene rings is 2. The molecule has 0 aliphatic heterocycles. The van der Waals surface area contributed by atoms with Crippen LogP contribution in [0.2, 0.25) is 0 Å². The minimum atomic E-state index is -0.968. The Bertz CT molecular complexity index is 573. The van der Waals surface area contributed by atoms with Crippen LogP contribution in [0.4, 0.5) is 0 Å². The molecule has 5 heteroatoms. The molecule has 0 saturated carbocycles. The molecule has 1 amide bonds. The van der Waals surface area contributed by atoms with Crippen molar-refractivity contribution in [2.45, 2.75) is 5.92 Å². The zero-order chi connectivity index (χ0) is 17.2. The van der Waals surface area contributed by atoms with E-state index in [0.29, 0.717) is 0 Å². The van der Waals surface area contributed by atoms with E-state index in [9.17, 15) is 9.59 Å². The molecule has 3 N–H and O–H groups in total. The predicted octanol–water partition coefficient (Wildman–Crippen LogP) is 1.94. The summed E-state index contributed by atoms with van der Waals surface area (Å²) in [6.07, 6.45) is 0. The topological polar surface area (TPSA) is 83.6 Å². The zero-order valence-corrected chi connectivity index (χ0v) is 13.3. The number of rotatable bonds is 4. The van der Waals surface area contributed by atoms with E-state index in [1.807, 2.05) is 60.7 Å². The van der Waals surface area contributed by atoms with E-state index >= 15 is 0 Å². The smallest absolute Gasteiger partial charge is 0.317 e. The first-order chi connectivity index (χ1) is 11.0. The van der Waals surface area contributed by atoms with Gasteiger partial charge in [0.15, 0.2) is 0 Å². The third-order valence-electron chi connectivity index (χ3n) is 3.13. The van der Waals surface area contributed by atoms with Crippen molar-refractivity contribution in [3.05, 3.63) is 71.8 Å². The highest BCUT2D eigenvalue weighted by molar-refractivity contribution is 5.86. The maximum atomic E-state index is 12.4. The second-order valence-corrected chi connectivity index (χ2v) is 5.08. The third-order valence-corrected chi connectivity index (χ3v) is 3.13. The minimum Gasteiger partial charge on any atom is -0.480 e. The molecule has 5 nitrogen and oxygen atoms in total. The lowest BCUT2D eigenvalue weighted by Gasteiger charge is -2.21. The number of carboxylic acid groups (broad SMARTS) is 1. The van der Waals surface area contributed by atoms with E-state index < -0.39 is 5.97 Å². The summed E-state index contributed by atoms with van der Waals surface area (Å²) in [5.41, 5.74) is 6.63. The molecule has 0 aromatic heterocycles. The van der Waals surface area contributed by atoms with Gasteiger partial charge in [0.05, 0.1) is 12.5 Å². The number of aliphatic carboxylic acids is 1. The van der Waals surface area contributed by atoms with E-state index in [0.717, 1.165) is 11.1 Å². The Hall–Kier alpha value is -2.66. The van der Waals surface area contributed by atoms with Crippen LogP contribution in [0.25, 0.3) is 0 Å². The van der Waals surface area contributed by atoms with E-state index in [4.69, 9.17) is 5.11 Å². The highest BCUT2D eigenvalue weighted by Gasteiger charge is 2.23. The number of nitrogens with two attached hydrogens (primary N) is 1. The Morgan fingerprint density at radius 3 is 1.57 bits per heavy atom. The van der Waals surface area contributed by atoms with E-state index in [-0.39, 0.29) is 18.4 Å². The molecule has 0 unspecified atom stereocenters. The lowest BCUT2D eigenvalue weighted by Crippen LogP contribution is -2.28. The second-order valence-electron chi connectivity index (χ2n) is 5.08. The number of carbonyl (C=O) groups is 2. The predicted molar refractivity (Wildman–Crippen MR) is 90.1 cm³/mol. The second kappa shape index (κ2) is 9.38. The van der Waals surface area contributed by atoms with Gasteiger partial charge in [-0.05, 0) is 11.1 Å². The Morgan fingerprint density at radius 1 is 0.957 bits per heavy atom. The Kier molecular flexibility index (Phi) is 7.50. The summed E-state index contributed by atoms with van der Waals surface area (Å²) in [7, 11) is 3.59. The van der Waals surface area contributed by atoms with Crippen LogP contribution in [0.1, 0.15) is 17.0 Å². The lowest BCUT2D eigenvalue weighted by molar-refractivity contribution is -0.135. The van der Waals surface area contributed by atoms with E-state index in [1.165, 1.54) is 0 Å². The standard InChI is InChI=1S/C16H17NO.C2H5NO2/c1-17(2)16(18)15(13-9-5-3-6-10-13)14-11-7-4-8-12-14;3-1-2(4)5/h3-12,15H,1-2H3;1,3H2,(H,4,5). The fourth-order valence-electron chi connectivity index (χ4n) is 2.03. The Labute approximate surface area is 136 Å². The van der Waals surface area contributed by atoms with Gasteiger partial charge in [0.2, 0.25) is 5.91 Å². The first-order valence-electron chi connectivity index (χ1n) is 7.20. The SMILES string of the molecule is CN(C)C(=O)C(c1ccccc1)c1ccccc1.NCC(=O)O. The Morgan fingerprint density at radius 2 is 1.30 bits per heavy atom. The fraction of sp³-hybridized carbons (Fsp3) is 0.222. The van der Waals surface area contributed by atoms with E-state index in [2.05, 4.69) is 5.73 Å². The van der Waals surface area contributed by atoms with Gasteiger partial charge in [-0.2, -0.15) is 0 Å². The van der Waals surface area contributed by atoms with Crippen LogP contribution in [-0.4, -0.2) is 42.5 Å². The summed E-state index contributed by atoms with van der Waals surface area (Å²) in [6, 6.07) is 19.8. The van der Waals surface area contributed by atoms with Gasteiger partial charge < -0.3 is 15.7 Å². The summed E-state index contributed by atoms with van der Waals surface area (Å²) in [5, 5.41) is 7.60.